The number of hydrogen-bond donors (Lipinski definition) is 1. The van der Waals surface area contributed by atoms with E-state index in [9.17, 15) is 14.7 Å². The molecule has 3 fully saturated rings. The van der Waals surface area contributed by atoms with Crippen molar-refractivity contribution in [3.8, 4) is 0 Å². The second kappa shape index (κ2) is 7.64. The molecule has 3 heteroatoms. The van der Waals surface area contributed by atoms with Crippen molar-refractivity contribution in [2.45, 2.75) is 112 Å². The lowest BCUT2D eigenvalue weighted by Crippen LogP contribution is -2.67. The van der Waals surface area contributed by atoms with Crippen molar-refractivity contribution >= 4 is 11.6 Å². The summed E-state index contributed by atoms with van der Waals surface area (Å²) in [5, 5.41) is 12.6. The van der Waals surface area contributed by atoms with Crippen molar-refractivity contribution in [3.05, 3.63) is 23.3 Å². The van der Waals surface area contributed by atoms with Gasteiger partial charge in [0.25, 0.3) is 0 Å². The molecule has 4 rings (SSSR count). The third-order valence-electron chi connectivity index (χ3n) is 11.5. The van der Waals surface area contributed by atoms with E-state index in [-0.39, 0.29) is 23.0 Å². The number of rotatable bonds is 4. The Balaban J connectivity index is 1.76. The average Bonchev–Trinajstić information content (AvgIpc) is 3.01. The molecule has 3 nitrogen and oxygen atoms in total. The van der Waals surface area contributed by atoms with Gasteiger partial charge in [-0.15, -0.1) is 0 Å². The van der Waals surface area contributed by atoms with E-state index in [1.807, 2.05) is 6.08 Å². The van der Waals surface area contributed by atoms with Crippen LogP contribution < -0.4 is 0 Å². The van der Waals surface area contributed by atoms with Gasteiger partial charge in [0.2, 0.25) is 0 Å². The van der Waals surface area contributed by atoms with Crippen LogP contribution in [0.2, 0.25) is 0 Å². The van der Waals surface area contributed by atoms with E-state index in [1.165, 1.54) is 5.57 Å². The van der Waals surface area contributed by atoms with Crippen LogP contribution in [0.4, 0.5) is 0 Å². The Bertz CT molecular complexity index is 921. The molecule has 3 saturated carbocycles. The van der Waals surface area contributed by atoms with Crippen molar-refractivity contribution < 1.29 is 14.7 Å². The minimum atomic E-state index is -0.967. The zero-order valence-corrected chi connectivity index (χ0v) is 22.3. The first-order chi connectivity index (χ1) is 15.2. The molecule has 0 aliphatic heterocycles. The first-order valence-electron chi connectivity index (χ1n) is 13.3. The maximum atomic E-state index is 14.1. The number of aliphatic hydroxyl groups is 1. The van der Waals surface area contributed by atoms with Crippen molar-refractivity contribution in [1.82, 2.24) is 0 Å². The summed E-state index contributed by atoms with van der Waals surface area (Å²) in [4.78, 5) is 26.9. The number of allylic oxidation sites excluding steroid dienone is 3. The maximum absolute atomic E-state index is 14.1. The number of carbonyl (C=O) groups is 2. The summed E-state index contributed by atoms with van der Waals surface area (Å²) in [5.41, 5.74) is -0.371. The van der Waals surface area contributed by atoms with Gasteiger partial charge in [0, 0.05) is 22.7 Å². The van der Waals surface area contributed by atoms with Gasteiger partial charge in [0.1, 0.15) is 5.78 Å². The minimum Gasteiger partial charge on any atom is -0.385 e. The highest BCUT2D eigenvalue weighted by atomic mass is 16.3. The van der Waals surface area contributed by atoms with Crippen molar-refractivity contribution in [1.29, 1.82) is 0 Å². The molecule has 184 valence electrons. The number of fused-ring (bicyclic) bond motifs is 5. The molecule has 0 radical (unpaired) electrons. The predicted molar refractivity (Wildman–Crippen MR) is 134 cm³/mol. The fourth-order valence-electron chi connectivity index (χ4n) is 9.14. The van der Waals surface area contributed by atoms with Crippen LogP contribution in [0.1, 0.15) is 107 Å². The summed E-state index contributed by atoms with van der Waals surface area (Å²) >= 11 is 0. The Morgan fingerprint density at radius 2 is 1.76 bits per heavy atom. The van der Waals surface area contributed by atoms with Crippen LogP contribution in [0.5, 0.6) is 0 Å². The molecule has 0 heterocycles. The third kappa shape index (κ3) is 3.09. The summed E-state index contributed by atoms with van der Waals surface area (Å²) < 4.78 is 0. The Kier molecular flexibility index (Phi) is 5.76. The van der Waals surface area contributed by atoms with Gasteiger partial charge in [-0.3, -0.25) is 9.59 Å². The zero-order valence-electron chi connectivity index (χ0n) is 22.3. The predicted octanol–water partition coefficient (Wildman–Crippen LogP) is 6.84. The minimum absolute atomic E-state index is 0.179. The summed E-state index contributed by atoms with van der Waals surface area (Å²) in [6.45, 7) is 17.4. The SMILES string of the molecule is CC(C)=CCCC(C)C1CCC2(C)C3(O)CCC4C(C)(C)C(=O)CCC4(C)C3=CC(=O)C12C. The molecule has 33 heavy (non-hydrogen) atoms. The molecular weight excluding hydrogens is 408 g/mol. The molecule has 7 atom stereocenters. The molecule has 4 aliphatic rings. The van der Waals surface area contributed by atoms with Crippen molar-refractivity contribution in [2.75, 3.05) is 0 Å². The van der Waals surface area contributed by atoms with Crippen LogP contribution in [-0.4, -0.2) is 22.3 Å². The highest BCUT2D eigenvalue weighted by Crippen LogP contribution is 2.73. The van der Waals surface area contributed by atoms with Gasteiger partial charge >= 0.3 is 0 Å². The molecule has 0 aromatic heterocycles. The van der Waals surface area contributed by atoms with Crippen LogP contribution in [0.3, 0.4) is 0 Å². The molecule has 0 bridgehead atoms. The monoisotopic (exact) mass is 454 g/mol. The normalized spacial score (nSPS) is 44.9. The molecule has 0 spiro atoms. The number of carbonyl (C=O) groups excluding carboxylic acids is 2. The number of Topliss-reactive ketones (excluding diaryl/α,β-unsaturated/α-hetero) is 1. The molecule has 7 unspecified atom stereocenters. The van der Waals surface area contributed by atoms with E-state index in [2.05, 4.69) is 61.5 Å². The number of hydrogen-bond acceptors (Lipinski definition) is 3. The summed E-state index contributed by atoms with van der Waals surface area (Å²) in [6, 6.07) is 0. The van der Waals surface area contributed by atoms with Gasteiger partial charge in [0.15, 0.2) is 5.78 Å². The van der Waals surface area contributed by atoms with E-state index < -0.39 is 21.8 Å². The summed E-state index contributed by atoms with van der Waals surface area (Å²) in [5.74, 6) is 1.46. The average molecular weight is 455 g/mol. The quantitative estimate of drug-likeness (QED) is 0.473. The van der Waals surface area contributed by atoms with Gasteiger partial charge in [-0.1, -0.05) is 53.2 Å². The molecular formula is C30H46O3. The highest BCUT2D eigenvalue weighted by molar-refractivity contribution is 5.99. The van der Waals surface area contributed by atoms with Crippen molar-refractivity contribution in [3.63, 3.8) is 0 Å². The van der Waals surface area contributed by atoms with Crippen LogP contribution in [0.25, 0.3) is 0 Å². The second-order valence-electron chi connectivity index (χ2n) is 13.5. The molecule has 0 aromatic carbocycles. The van der Waals surface area contributed by atoms with Crippen LogP contribution in [0.15, 0.2) is 23.3 Å². The Morgan fingerprint density at radius 1 is 1.09 bits per heavy atom. The van der Waals surface area contributed by atoms with Gasteiger partial charge in [0.05, 0.1) is 5.60 Å². The molecule has 1 N–H and O–H groups in total. The maximum Gasteiger partial charge on any atom is 0.162 e. The fraction of sp³-hybridized carbons (Fsp3) is 0.800. The largest absolute Gasteiger partial charge is 0.385 e. The van der Waals surface area contributed by atoms with Crippen molar-refractivity contribution in [2.24, 2.45) is 39.4 Å². The Labute approximate surface area is 201 Å². The van der Waals surface area contributed by atoms with E-state index in [1.54, 1.807) is 0 Å². The van der Waals surface area contributed by atoms with Gasteiger partial charge in [-0.25, -0.2) is 0 Å². The third-order valence-corrected chi connectivity index (χ3v) is 11.5. The van der Waals surface area contributed by atoms with Gasteiger partial charge < -0.3 is 5.11 Å². The van der Waals surface area contributed by atoms with Gasteiger partial charge in [-0.2, -0.15) is 0 Å². The van der Waals surface area contributed by atoms with Crippen LogP contribution in [0, 0.1) is 39.4 Å². The fourth-order valence-corrected chi connectivity index (χ4v) is 9.14. The summed E-state index contributed by atoms with van der Waals surface area (Å²) in [7, 11) is 0. The van der Waals surface area contributed by atoms with E-state index in [0.717, 1.165) is 44.1 Å². The summed E-state index contributed by atoms with van der Waals surface area (Å²) in [6.07, 6.45) is 11.0. The first kappa shape index (κ1) is 24.9. The first-order valence-corrected chi connectivity index (χ1v) is 13.3. The topological polar surface area (TPSA) is 54.4 Å². The zero-order chi connectivity index (χ0) is 24.6. The van der Waals surface area contributed by atoms with E-state index >= 15 is 0 Å². The Hall–Kier alpha value is -1.22. The smallest absolute Gasteiger partial charge is 0.162 e. The highest BCUT2D eigenvalue weighted by Gasteiger charge is 2.73. The second-order valence-corrected chi connectivity index (χ2v) is 13.5. The molecule has 0 saturated heterocycles. The number of ketones is 2. The lowest BCUT2D eigenvalue weighted by molar-refractivity contribution is -0.181. The van der Waals surface area contributed by atoms with E-state index in [0.29, 0.717) is 24.5 Å². The van der Waals surface area contributed by atoms with Crippen LogP contribution >= 0.6 is 0 Å². The Morgan fingerprint density at radius 3 is 2.39 bits per heavy atom. The van der Waals surface area contributed by atoms with Crippen LogP contribution in [-0.2, 0) is 9.59 Å². The molecule has 4 aliphatic carbocycles. The lowest BCUT2D eigenvalue weighted by atomic mass is 9.39. The molecule has 0 amide bonds. The molecule has 0 aromatic rings. The lowest BCUT2D eigenvalue weighted by Gasteiger charge is -2.65. The van der Waals surface area contributed by atoms with E-state index in [4.69, 9.17) is 0 Å². The van der Waals surface area contributed by atoms with Gasteiger partial charge in [-0.05, 0) is 93.6 Å². The standard InChI is InChI=1S/C30H46O3/c1-19(2)10-9-11-20(3)21-12-16-28(7)29(21,8)25(32)18-23-27(6)15-14-24(31)26(4,5)22(27)13-17-30(23,28)33/h10,18,20-22,33H,9,11-17H2,1-8H3.